The highest BCUT2D eigenvalue weighted by molar-refractivity contribution is 6.04. The highest BCUT2D eigenvalue weighted by atomic mass is 16.2. The second-order valence-electron chi connectivity index (χ2n) is 4.71. The molecular formula is C13H24N2O2. The lowest BCUT2D eigenvalue weighted by Gasteiger charge is -2.21. The summed E-state index contributed by atoms with van der Waals surface area (Å²) in [6.45, 7) is 4.98. The standard InChI is InChI=1S/C13H24N2O2/c1-3-5-7-9-11-12(16)14-13(17)15(11)10-8-6-4-2/h11H,3-10H2,1-2H3,(H,14,16,17). The molecule has 0 radical (unpaired) electrons. The van der Waals surface area contributed by atoms with E-state index in [1.807, 2.05) is 0 Å². The molecule has 0 aromatic carbocycles. The third kappa shape index (κ3) is 4.02. The largest absolute Gasteiger partial charge is 0.324 e. The number of nitrogens with zero attached hydrogens (tertiary/aromatic N) is 1. The summed E-state index contributed by atoms with van der Waals surface area (Å²) in [5.74, 6) is -0.109. The lowest BCUT2D eigenvalue weighted by Crippen LogP contribution is -2.35. The van der Waals surface area contributed by atoms with Crippen molar-refractivity contribution in [1.82, 2.24) is 10.2 Å². The molecule has 1 atom stereocenters. The van der Waals surface area contributed by atoms with Gasteiger partial charge in [-0.2, -0.15) is 0 Å². The normalized spacial score (nSPS) is 19.9. The Morgan fingerprint density at radius 1 is 1.06 bits per heavy atom. The van der Waals surface area contributed by atoms with E-state index in [-0.39, 0.29) is 18.0 Å². The topological polar surface area (TPSA) is 49.4 Å². The van der Waals surface area contributed by atoms with E-state index in [4.69, 9.17) is 0 Å². The molecule has 1 unspecified atom stereocenters. The molecule has 1 heterocycles. The summed E-state index contributed by atoms with van der Waals surface area (Å²) in [5, 5.41) is 2.42. The fraction of sp³-hybridized carbons (Fsp3) is 0.846. The van der Waals surface area contributed by atoms with Crippen LogP contribution in [-0.4, -0.2) is 29.4 Å². The van der Waals surface area contributed by atoms with Gasteiger partial charge in [-0.25, -0.2) is 4.79 Å². The maximum Gasteiger partial charge on any atom is 0.324 e. The number of amides is 3. The van der Waals surface area contributed by atoms with Gasteiger partial charge >= 0.3 is 6.03 Å². The number of imide groups is 1. The minimum Gasteiger partial charge on any atom is -0.312 e. The predicted molar refractivity (Wildman–Crippen MR) is 67.7 cm³/mol. The van der Waals surface area contributed by atoms with Crippen LogP contribution in [0, 0.1) is 0 Å². The summed E-state index contributed by atoms with van der Waals surface area (Å²) in [4.78, 5) is 25.0. The molecule has 1 fully saturated rings. The fourth-order valence-electron chi connectivity index (χ4n) is 2.21. The van der Waals surface area contributed by atoms with Crippen LogP contribution in [-0.2, 0) is 4.79 Å². The number of hydrogen-bond acceptors (Lipinski definition) is 2. The van der Waals surface area contributed by atoms with Gasteiger partial charge in [-0.15, -0.1) is 0 Å². The molecule has 0 saturated carbocycles. The van der Waals surface area contributed by atoms with E-state index < -0.39 is 0 Å². The van der Waals surface area contributed by atoms with Gasteiger partial charge in [-0.05, 0) is 12.8 Å². The number of carbonyl (C=O) groups is 2. The lowest BCUT2D eigenvalue weighted by atomic mass is 10.1. The molecule has 0 spiro atoms. The van der Waals surface area contributed by atoms with Crippen molar-refractivity contribution in [3.05, 3.63) is 0 Å². The Bertz CT molecular complexity index is 240. The van der Waals surface area contributed by atoms with Gasteiger partial charge in [0.2, 0.25) is 0 Å². The molecule has 3 amide bonds. The van der Waals surface area contributed by atoms with E-state index in [9.17, 15) is 9.59 Å². The van der Waals surface area contributed by atoms with Crippen molar-refractivity contribution in [1.29, 1.82) is 0 Å². The molecule has 4 heteroatoms. The first-order valence-electron chi connectivity index (χ1n) is 6.82. The van der Waals surface area contributed by atoms with Crippen LogP contribution in [0.5, 0.6) is 0 Å². The second-order valence-corrected chi connectivity index (χ2v) is 4.71. The zero-order valence-corrected chi connectivity index (χ0v) is 11.0. The molecule has 1 aliphatic heterocycles. The third-order valence-electron chi connectivity index (χ3n) is 3.25. The molecule has 1 aliphatic rings. The van der Waals surface area contributed by atoms with Gasteiger partial charge in [0, 0.05) is 6.54 Å². The number of hydrogen-bond donors (Lipinski definition) is 1. The lowest BCUT2D eigenvalue weighted by molar-refractivity contribution is -0.121. The first kappa shape index (κ1) is 14.0. The maximum absolute atomic E-state index is 11.6. The second kappa shape index (κ2) is 7.30. The van der Waals surface area contributed by atoms with Crippen molar-refractivity contribution in [3.8, 4) is 0 Å². The summed E-state index contributed by atoms with van der Waals surface area (Å²) >= 11 is 0. The Kier molecular flexibility index (Phi) is 6.01. The van der Waals surface area contributed by atoms with Crippen molar-refractivity contribution in [2.75, 3.05) is 6.54 Å². The van der Waals surface area contributed by atoms with Crippen LogP contribution in [0.3, 0.4) is 0 Å². The van der Waals surface area contributed by atoms with Crippen LogP contribution in [0.15, 0.2) is 0 Å². The van der Waals surface area contributed by atoms with Crippen molar-refractivity contribution in [3.63, 3.8) is 0 Å². The van der Waals surface area contributed by atoms with Crippen LogP contribution in [0.2, 0.25) is 0 Å². The molecule has 1 rings (SSSR count). The first-order valence-corrected chi connectivity index (χ1v) is 6.82. The molecule has 4 nitrogen and oxygen atoms in total. The molecule has 17 heavy (non-hydrogen) atoms. The predicted octanol–water partition coefficient (Wildman–Crippen LogP) is 2.68. The number of carbonyl (C=O) groups excluding carboxylic acids is 2. The number of rotatable bonds is 8. The monoisotopic (exact) mass is 240 g/mol. The number of nitrogens with one attached hydrogen (secondary N) is 1. The Hall–Kier alpha value is -1.06. The minimum atomic E-state index is -0.217. The zero-order chi connectivity index (χ0) is 12.7. The molecule has 1 N–H and O–H groups in total. The van der Waals surface area contributed by atoms with Crippen molar-refractivity contribution in [2.45, 2.75) is 64.8 Å². The average Bonchev–Trinajstić information content (AvgIpc) is 2.56. The quantitative estimate of drug-likeness (QED) is 0.524. The van der Waals surface area contributed by atoms with Gasteiger partial charge in [0.05, 0.1) is 0 Å². The summed E-state index contributed by atoms with van der Waals surface area (Å²) in [5.41, 5.74) is 0. The van der Waals surface area contributed by atoms with Gasteiger partial charge in [-0.1, -0.05) is 46.0 Å². The molecule has 1 saturated heterocycles. The summed E-state index contributed by atoms with van der Waals surface area (Å²) < 4.78 is 0. The van der Waals surface area contributed by atoms with Crippen LogP contribution in [0.25, 0.3) is 0 Å². The number of urea groups is 1. The van der Waals surface area contributed by atoms with E-state index in [2.05, 4.69) is 19.2 Å². The van der Waals surface area contributed by atoms with E-state index in [0.29, 0.717) is 6.54 Å². The van der Waals surface area contributed by atoms with Crippen molar-refractivity contribution >= 4 is 11.9 Å². The third-order valence-corrected chi connectivity index (χ3v) is 3.25. The van der Waals surface area contributed by atoms with E-state index in [0.717, 1.165) is 44.9 Å². The summed E-state index contributed by atoms with van der Waals surface area (Å²) in [6, 6.07) is -0.418. The molecule has 0 aromatic heterocycles. The van der Waals surface area contributed by atoms with E-state index in [1.54, 1.807) is 4.90 Å². The summed E-state index contributed by atoms with van der Waals surface area (Å²) in [6.07, 6.45) is 7.31. The van der Waals surface area contributed by atoms with Crippen LogP contribution >= 0.6 is 0 Å². The van der Waals surface area contributed by atoms with Gasteiger partial charge in [0.15, 0.2) is 0 Å². The van der Waals surface area contributed by atoms with Crippen LogP contribution in [0.1, 0.15) is 58.8 Å². The van der Waals surface area contributed by atoms with Gasteiger partial charge in [0.1, 0.15) is 6.04 Å². The first-order chi connectivity index (χ1) is 8.20. The van der Waals surface area contributed by atoms with Crippen LogP contribution < -0.4 is 5.32 Å². The number of unbranched alkanes of at least 4 members (excludes halogenated alkanes) is 4. The SMILES string of the molecule is CCCCCC1C(=O)NC(=O)N1CCCCC. The van der Waals surface area contributed by atoms with E-state index in [1.165, 1.54) is 0 Å². The van der Waals surface area contributed by atoms with Crippen LogP contribution in [0.4, 0.5) is 4.79 Å². The van der Waals surface area contributed by atoms with Crippen molar-refractivity contribution in [2.24, 2.45) is 0 Å². The fourth-order valence-corrected chi connectivity index (χ4v) is 2.21. The Morgan fingerprint density at radius 2 is 1.71 bits per heavy atom. The molecule has 0 bridgehead atoms. The maximum atomic E-state index is 11.6. The Morgan fingerprint density at radius 3 is 2.35 bits per heavy atom. The molecule has 0 aliphatic carbocycles. The minimum absolute atomic E-state index is 0.109. The van der Waals surface area contributed by atoms with Gasteiger partial charge in [-0.3, -0.25) is 10.1 Å². The zero-order valence-electron chi connectivity index (χ0n) is 11.0. The van der Waals surface area contributed by atoms with Gasteiger partial charge < -0.3 is 4.90 Å². The highest BCUT2D eigenvalue weighted by Crippen LogP contribution is 2.16. The Labute approximate surface area is 104 Å². The Balaban J connectivity index is 2.44. The van der Waals surface area contributed by atoms with E-state index >= 15 is 0 Å². The molecular weight excluding hydrogens is 216 g/mol. The average molecular weight is 240 g/mol. The van der Waals surface area contributed by atoms with Gasteiger partial charge in [0.25, 0.3) is 5.91 Å². The molecule has 0 aromatic rings. The smallest absolute Gasteiger partial charge is 0.312 e. The molecule has 98 valence electrons. The highest BCUT2D eigenvalue weighted by Gasteiger charge is 2.36. The summed E-state index contributed by atoms with van der Waals surface area (Å²) in [7, 11) is 0. The van der Waals surface area contributed by atoms with Crippen molar-refractivity contribution < 1.29 is 9.59 Å².